The summed E-state index contributed by atoms with van der Waals surface area (Å²) in [4.78, 5) is 32.9. The topological polar surface area (TPSA) is 65.5 Å². The summed E-state index contributed by atoms with van der Waals surface area (Å²) in [6.07, 6.45) is -2.74. The van der Waals surface area contributed by atoms with E-state index in [1.807, 2.05) is 22.4 Å². The Morgan fingerprint density at radius 1 is 1.20 bits per heavy atom. The Morgan fingerprint density at radius 3 is 2.60 bits per heavy atom. The first-order chi connectivity index (χ1) is 14.2. The van der Waals surface area contributed by atoms with Gasteiger partial charge in [-0.2, -0.15) is 13.2 Å². The highest BCUT2D eigenvalue weighted by Gasteiger charge is 2.31. The van der Waals surface area contributed by atoms with Gasteiger partial charge in [-0.15, -0.1) is 11.3 Å². The summed E-state index contributed by atoms with van der Waals surface area (Å²) < 4.78 is 38.2. The van der Waals surface area contributed by atoms with Crippen molar-refractivity contribution in [1.82, 2.24) is 15.2 Å². The van der Waals surface area contributed by atoms with Crippen LogP contribution >= 0.6 is 11.3 Å². The average Bonchev–Trinajstić information content (AvgIpc) is 3.11. The van der Waals surface area contributed by atoms with E-state index in [0.29, 0.717) is 38.4 Å². The van der Waals surface area contributed by atoms with Crippen molar-refractivity contribution in [2.45, 2.75) is 32.0 Å². The number of thiophene rings is 1. The Balaban J connectivity index is 1.61. The molecule has 6 nitrogen and oxygen atoms in total. The third kappa shape index (κ3) is 5.71. The monoisotopic (exact) mass is 440 g/mol. The van der Waals surface area contributed by atoms with Crippen LogP contribution in [0.2, 0.25) is 0 Å². The van der Waals surface area contributed by atoms with E-state index in [1.165, 1.54) is 24.3 Å². The fourth-order valence-corrected chi connectivity index (χ4v) is 4.18. The van der Waals surface area contributed by atoms with Crippen LogP contribution in [-0.2, 0) is 15.8 Å². The lowest BCUT2D eigenvalue weighted by atomic mass is 10.1. The van der Waals surface area contributed by atoms with Crippen LogP contribution in [0.5, 0.6) is 0 Å². The molecule has 1 atom stereocenters. The molecule has 162 valence electrons. The smallest absolute Gasteiger partial charge is 0.355 e. The number of alkyl halides is 3. The molecule has 10 heteroatoms. The fraction of sp³-hybridized carbons (Fsp3) is 0.450. The summed E-state index contributed by atoms with van der Waals surface area (Å²) in [6, 6.07) is 5.78. The Hall–Kier alpha value is -2.62. The van der Waals surface area contributed by atoms with Crippen LogP contribution in [-0.4, -0.2) is 47.9 Å². The minimum Gasteiger partial charge on any atom is -0.355 e. The molecule has 0 spiro atoms. The zero-order chi connectivity index (χ0) is 21.7. The number of rotatable bonds is 5. The summed E-state index contributed by atoms with van der Waals surface area (Å²) in [5, 5.41) is 4.73. The van der Waals surface area contributed by atoms with E-state index in [0.717, 1.165) is 17.1 Å². The lowest BCUT2D eigenvalue weighted by Gasteiger charge is -2.25. The summed E-state index contributed by atoms with van der Waals surface area (Å²) in [5.41, 5.74) is -0.782. The van der Waals surface area contributed by atoms with Crippen LogP contribution in [0.3, 0.4) is 0 Å². The average molecular weight is 440 g/mol. The van der Waals surface area contributed by atoms with E-state index in [-0.39, 0.29) is 24.3 Å². The van der Waals surface area contributed by atoms with Gasteiger partial charge in [-0.1, -0.05) is 6.07 Å². The predicted molar refractivity (Wildman–Crippen MR) is 108 cm³/mol. The van der Waals surface area contributed by atoms with Crippen LogP contribution in [0.4, 0.5) is 19.0 Å². The molecule has 30 heavy (non-hydrogen) atoms. The predicted octanol–water partition coefficient (Wildman–Crippen LogP) is 3.47. The second-order valence-electron chi connectivity index (χ2n) is 7.10. The molecule has 0 radical (unpaired) electrons. The van der Waals surface area contributed by atoms with E-state index in [2.05, 4.69) is 10.3 Å². The zero-order valence-electron chi connectivity index (χ0n) is 16.5. The third-order valence-electron chi connectivity index (χ3n) is 4.89. The highest BCUT2D eigenvalue weighted by Crippen LogP contribution is 2.29. The van der Waals surface area contributed by atoms with Gasteiger partial charge in [0.2, 0.25) is 11.8 Å². The Labute approximate surface area is 176 Å². The van der Waals surface area contributed by atoms with Gasteiger partial charge in [-0.05, 0) is 30.0 Å². The van der Waals surface area contributed by atoms with Gasteiger partial charge < -0.3 is 15.1 Å². The van der Waals surface area contributed by atoms with Crippen LogP contribution in [0.15, 0.2) is 35.8 Å². The second-order valence-corrected chi connectivity index (χ2v) is 8.08. The maximum atomic E-state index is 12.9. The Morgan fingerprint density at radius 2 is 2.00 bits per heavy atom. The molecule has 1 saturated heterocycles. The van der Waals surface area contributed by atoms with Crippen molar-refractivity contribution in [1.29, 1.82) is 0 Å². The molecule has 2 aromatic rings. The SMILES string of the molecule is CC(=O)N[C@H](CC(=O)N1CCCN(c2ccc(C(F)(F)F)cn2)CC1)c1cccs1. The molecule has 3 rings (SSSR count). The molecule has 1 aliphatic rings. The molecule has 3 heterocycles. The first-order valence-corrected chi connectivity index (χ1v) is 10.5. The first-order valence-electron chi connectivity index (χ1n) is 9.60. The summed E-state index contributed by atoms with van der Waals surface area (Å²) >= 11 is 1.48. The number of carbonyl (C=O) groups excluding carboxylic acids is 2. The number of amides is 2. The van der Waals surface area contributed by atoms with Crippen molar-refractivity contribution < 1.29 is 22.8 Å². The number of nitrogens with one attached hydrogen (secondary N) is 1. The standard InChI is InChI=1S/C20H23F3N4O2S/c1-14(28)25-16(17-4-2-11-30-17)12-19(29)27-8-3-7-26(9-10-27)18-6-5-15(13-24-18)20(21,22)23/h2,4-6,11,13,16H,3,7-10,12H2,1H3,(H,25,28)/t16-/m1/s1. The largest absolute Gasteiger partial charge is 0.417 e. The van der Waals surface area contributed by atoms with Gasteiger partial charge in [0.15, 0.2) is 0 Å². The van der Waals surface area contributed by atoms with Gasteiger partial charge in [0, 0.05) is 44.2 Å². The Kier molecular flexibility index (Phi) is 6.96. The summed E-state index contributed by atoms with van der Waals surface area (Å²) in [7, 11) is 0. The van der Waals surface area contributed by atoms with Crippen molar-refractivity contribution >= 4 is 29.0 Å². The lowest BCUT2D eigenvalue weighted by Crippen LogP contribution is -2.38. The van der Waals surface area contributed by atoms with Crippen molar-refractivity contribution in [2.75, 3.05) is 31.1 Å². The van der Waals surface area contributed by atoms with Crippen LogP contribution in [0.25, 0.3) is 0 Å². The number of aromatic nitrogens is 1. The molecule has 1 N–H and O–H groups in total. The molecule has 1 fully saturated rings. The molecule has 0 saturated carbocycles. The van der Waals surface area contributed by atoms with Gasteiger partial charge in [0.05, 0.1) is 18.0 Å². The minimum atomic E-state index is -4.42. The van der Waals surface area contributed by atoms with Gasteiger partial charge >= 0.3 is 6.18 Å². The quantitative estimate of drug-likeness (QED) is 0.773. The molecular formula is C20H23F3N4O2S. The van der Waals surface area contributed by atoms with Gasteiger partial charge in [0.25, 0.3) is 0 Å². The highest BCUT2D eigenvalue weighted by molar-refractivity contribution is 7.10. The minimum absolute atomic E-state index is 0.0654. The summed E-state index contributed by atoms with van der Waals surface area (Å²) in [6.45, 7) is 3.49. The number of anilines is 1. The van der Waals surface area contributed by atoms with Gasteiger partial charge in [0.1, 0.15) is 5.82 Å². The van der Waals surface area contributed by atoms with Gasteiger partial charge in [-0.25, -0.2) is 4.98 Å². The van der Waals surface area contributed by atoms with E-state index in [9.17, 15) is 22.8 Å². The lowest BCUT2D eigenvalue weighted by molar-refractivity contribution is -0.138. The molecule has 2 amide bonds. The van der Waals surface area contributed by atoms with Crippen LogP contribution in [0, 0.1) is 0 Å². The van der Waals surface area contributed by atoms with E-state index in [1.54, 1.807) is 4.90 Å². The van der Waals surface area contributed by atoms with Crippen molar-refractivity contribution in [3.05, 3.63) is 46.3 Å². The third-order valence-corrected chi connectivity index (χ3v) is 5.88. The molecule has 0 unspecified atom stereocenters. The van der Waals surface area contributed by atoms with E-state index < -0.39 is 11.7 Å². The fourth-order valence-electron chi connectivity index (χ4n) is 3.40. The number of halogens is 3. The normalized spacial score (nSPS) is 16.1. The van der Waals surface area contributed by atoms with Crippen LogP contribution < -0.4 is 10.2 Å². The van der Waals surface area contributed by atoms with Gasteiger partial charge in [-0.3, -0.25) is 9.59 Å². The molecule has 0 aliphatic carbocycles. The summed E-state index contributed by atoms with van der Waals surface area (Å²) in [5.74, 6) is 0.202. The zero-order valence-corrected chi connectivity index (χ0v) is 17.3. The number of pyridine rings is 1. The van der Waals surface area contributed by atoms with Crippen molar-refractivity contribution in [3.8, 4) is 0 Å². The molecule has 1 aliphatic heterocycles. The Bertz CT molecular complexity index is 856. The molecule has 2 aromatic heterocycles. The van der Waals surface area contributed by atoms with E-state index in [4.69, 9.17) is 0 Å². The highest BCUT2D eigenvalue weighted by atomic mass is 32.1. The molecule has 0 aromatic carbocycles. The maximum Gasteiger partial charge on any atom is 0.417 e. The number of carbonyl (C=O) groups is 2. The van der Waals surface area contributed by atoms with Crippen molar-refractivity contribution in [3.63, 3.8) is 0 Å². The number of hydrogen-bond acceptors (Lipinski definition) is 5. The molecular weight excluding hydrogens is 417 g/mol. The number of nitrogens with zero attached hydrogens (tertiary/aromatic N) is 3. The van der Waals surface area contributed by atoms with Crippen molar-refractivity contribution in [2.24, 2.45) is 0 Å². The first kappa shape index (κ1) is 22.1. The second kappa shape index (κ2) is 9.46. The van der Waals surface area contributed by atoms with Crippen LogP contribution in [0.1, 0.15) is 36.2 Å². The van der Waals surface area contributed by atoms with E-state index >= 15 is 0 Å². The maximum absolute atomic E-state index is 12.9. The molecule has 0 bridgehead atoms. The number of hydrogen-bond donors (Lipinski definition) is 1.